The molecule has 0 aromatic heterocycles. The lowest BCUT2D eigenvalue weighted by Crippen LogP contribution is -2.40. The Bertz CT molecular complexity index is 832. The molecule has 4 rings (SSSR count). The van der Waals surface area contributed by atoms with Crippen LogP contribution in [-0.4, -0.2) is 23.8 Å². The van der Waals surface area contributed by atoms with Gasteiger partial charge in [-0.3, -0.25) is 4.79 Å². The summed E-state index contributed by atoms with van der Waals surface area (Å²) < 4.78 is 5.23. The summed E-state index contributed by atoms with van der Waals surface area (Å²) in [5, 5.41) is 11.0. The third-order valence-corrected chi connectivity index (χ3v) is 7.00. The molecule has 2 aliphatic carbocycles. The van der Waals surface area contributed by atoms with Gasteiger partial charge in [-0.1, -0.05) is 73.3 Å². The first-order valence-corrected chi connectivity index (χ1v) is 10.5. The number of hydrogen-bond donors (Lipinski definition) is 1. The molecule has 0 spiro atoms. The lowest BCUT2D eigenvalue weighted by atomic mass is 9.81. The minimum Gasteiger partial charge on any atom is -0.461 e. The largest absolute Gasteiger partial charge is 0.461 e. The number of aliphatic hydroxyl groups is 1. The maximum atomic E-state index is 12.4. The van der Waals surface area contributed by atoms with E-state index in [2.05, 4.69) is 67.2 Å². The zero-order chi connectivity index (χ0) is 20.6. The molecule has 2 aromatic carbocycles. The van der Waals surface area contributed by atoms with Gasteiger partial charge in [-0.25, -0.2) is 0 Å². The molecule has 2 aromatic rings. The van der Waals surface area contributed by atoms with Gasteiger partial charge in [0.15, 0.2) is 0 Å². The number of carbonyl (C=O) groups is 1. The molecule has 152 valence electrons. The topological polar surface area (TPSA) is 46.5 Å². The highest BCUT2D eigenvalue weighted by Crippen LogP contribution is 2.69. The van der Waals surface area contributed by atoms with E-state index < -0.39 is 11.5 Å². The fourth-order valence-electron chi connectivity index (χ4n) is 5.14. The molecule has 4 unspecified atom stereocenters. The van der Waals surface area contributed by atoms with Crippen LogP contribution < -0.4 is 0 Å². The van der Waals surface area contributed by atoms with Crippen molar-refractivity contribution in [3.8, 4) is 0 Å². The van der Waals surface area contributed by atoms with Gasteiger partial charge in [0.25, 0.3) is 0 Å². The van der Waals surface area contributed by atoms with Crippen LogP contribution in [0.1, 0.15) is 37.8 Å². The lowest BCUT2D eigenvalue weighted by Gasteiger charge is -2.28. The molecule has 2 fully saturated rings. The van der Waals surface area contributed by atoms with Crippen LogP contribution in [0.3, 0.4) is 0 Å². The first-order valence-electron chi connectivity index (χ1n) is 10.5. The van der Waals surface area contributed by atoms with Crippen molar-refractivity contribution >= 4 is 5.97 Å². The van der Waals surface area contributed by atoms with Crippen molar-refractivity contribution in [1.82, 2.24) is 0 Å². The molecule has 2 aliphatic rings. The molecule has 0 aliphatic heterocycles. The fraction of sp³-hybridized carbons (Fsp3) is 0.423. The number of ether oxygens (including phenoxy) is 1. The van der Waals surface area contributed by atoms with E-state index >= 15 is 0 Å². The summed E-state index contributed by atoms with van der Waals surface area (Å²) in [5.74, 6) is 0.702. The zero-order valence-electron chi connectivity index (χ0n) is 17.3. The van der Waals surface area contributed by atoms with Gasteiger partial charge in [0.2, 0.25) is 0 Å². The second-order valence-corrected chi connectivity index (χ2v) is 9.13. The average molecular weight is 391 g/mol. The zero-order valence-corrected chi connectivity index (χ0v) is 17.3. The van der Waals surface area contributed by atoms with Crippen LogP contribution in [-0.2, 0) is 14.9 Å². The standard InChI is InChI=1S/C26H30O3/c1-4-15-29-24(28)25(2,3)23(27)21-16-20(21)22-17-26(22,18-11-7-5-8-12-18)19-13-9-6-10-14-19/h4-14,20-23,27H,1,15-17H2,2-3H3. The van der Waals surface area contributed by atoms with E-state index in [-0.39, 0.29) is 23.9 Å². The van der Waals surface area contributed by atoms with Crippen molar-refractivity contribution in [3.05, 3.63) is 84.4 Å². The minimum atomic E-state index is -0.917. The molecule has 3 heteroatoms. The Balaban J connectivity index is 1.53. The first kappa shape index (κ1) is 19.9. The summed E-state index contributed by atoms with van der Waals surface area (Å²) >= 11 is 0. The van der Waals surface area contributed by atoms with E-state index in [0.717, 1.165) is 12.8 Å². The molecule has 29 heavy (non-hydrogen) atoms. The van der Waals surface area contributed by atoms with Gasteiger partial charge in [0, 0.05) is 5.41 Å². The lowest BCUT2D eigenvalue weighted by molar-refractivity contribution is -0.160. The molecule has 0 saturated heterocycles. The summed E-state index contributed by atoms with van der Waals surface area (Å²) in [6, 6.07) is 21.4. The van der Waals surface area contributed by atoms with Crippen LogP contribution >= 0.6 is 0 Å². The quantitative estimate of drug-likeness (QED) is 0.523. The second kappa shape index (κ2) is 7.46. The maximum Gasteiger partial charge on any atom is 0.314 e. The Kier molecular flexibility index (Phi) is 5.12. The van der Waals surface area contributed by atoms with Gasteiger partial charge >= 0.3 is 5.97 Å². The van der Waals surface area contributed by atoms with Gasteiger partial charge in [-0.05, 0) is 55.6 Å². The molecule has 0 heterocycles. The van der Waals surface area contributed by atoms with Crippen molar-refractivity contribution in [2.75, 3.05) is 6.61 Å². The monoisotopic (exact) mass is 390 g/mol. The van der Waals surface area contributed by atoms with Crippen molar-refractivity contribution in [1.29, 1.82) is 0 Å². The van der Waals surface area contributed by atoms with Crippen LogP contribution in [0.25, 0.3) is 0 Å². The van der Waals surface area contributed by atoms with Gasteiger partial charge in [-0.15, -0.1) is 0 Å². The Labute approximate surface area is 173 Å². The van der Waals surface area contributed by atoms with Crippen LogP contribution in [0, 0.1) is 23.2 Å². The molecular weight excluding hydrogens is 360 g/mol. The van der Waals surface area contributed by atoms with E-state index in [4.69, 9.17) is 4.74 Å². The SMILES string of the molecule is C=CCOC(=O)C(C)(C)C(O)C1CC1C1CC1(c1ccccc1)c1ccccc1. The number of carbonyl (C=O) groups excluding carboxylic acids is 1. The molecule has 0 bridgehead atoms. The Hall–Kier alpha value is -2.39. The fourth-order valence-corrected chi connectivity index (χ4v) is 5.14. The number of aliphatic hydroxyl groups excluding tert-OH is 1. The minimum absolute atomic E-state index is 0.0230. The summed E-state index contributed by atoms with van der Waals surface area (Å²) in [6.45, 7) is 7.33. The van der Waals surface area contributed by atoms with E-state index in [1.807, 2.05) is 0 Å². The maximum absolute atomic E-state index is 12.4. The van der Waals surface area contributed by atoms with Crippen LogP contribution in [0.5, 0.6) is 0 Å². The van der Waals surface area contributed by atoms with Crippen molar-refractivity contribution in [2.45, 2.75) is 38.2 Å². The Morgan fingerprint density at radius 3 is 2.24 bits per heavy atom. The van der Waals surface area contributed by atoms with E-state index in [1.54, 1.807) is 19.9 Å². The molecule has 1 N–H and O–H groups in total. The van der Waals surface area contributed by atoms with E-state index in [0.29, 0.717) is 11.8 Å². The molecule has 4 atom stereocenters. The van der Waals surface area contributed by atoms with Gasteiger partial charge < -0.3 is 9.84 Å². The Morgan fingerprint density at radius 2 is 1.72 bits per heavy atom. The number of esters is 1. The molecule has 2 saturated carbocycles. The first-order chi connectivity index (χ1) is 13.9. The van der Waals surface area contributed by atoms with Crippen LogP contribution in [0.15, 0.2) is 73.3 Å². The summed E-state index contributed by atoms with van der Waals surface area (Å²) in [4.78, 5) is 12.4. The predicted molar refractivity (Wildman–Crippen MR) is 114 cm³/mol. The van der Waals surface area contributed by atoms with Crippen LogP contribution in [0.4, 0.5) is 0 Å². The van der Waals surface area contributed by atoms with Crippen molar-refractivity contribution in [3.63, 3.8) is 0 Å². The average Bonchev–Trinajstić information content (AvgIpc) is 3.66. The smallest absolute Gasteiger partial charge is 0.314 e. The predicted octanol–water partition coefficient (Wildman–Crippen LogP) is 4.75. The number of rotatable bonds is 8. The van der Waals surface area contributed by atoms with Gasteiger partial charge in [0.05, 0.1) is 11.5 Å². The van der Waals surface area contributed by atoms with Crippen molar-refractivity contribution in [2.24, 2.45) is 23.2 Å². The number of hydrogen-bond acceptors (Lipinski definition) is 3. The third-order valence-electron chi connectivity index (χ3n) is 7.00. The van der Waals surface area contributed by atoms with E-state index in [9.17, 15) is 9.90 Å². The highest BCUT2D eigenvalue weighted by Gasteiger charge is 2.66. The van der Waals surface area contributed by atoms with Crippen LogP contribution in [0.2, 0.25) is 0 Å². The molecular formula is C26H30O3. The number of benzene rings is 2. The van der Waals surface area contributed by atoms with Crippen molar-refractivity contribution < 1.29 is 14.6 Å². The normalized spacial score (nSPS) is 25.7. The summed E-state index contributed by atoms with van der Waals surface area (Å²) in [7, 11) is 0. The second-order valence-electron chi connectivity index (χ2n) is 9.13. The summed E-state index contributed by atoms with van der Waals surface area (Å²) in [5.41, 5.74) is 1.80. The van der Waals surface area contributed by atoms with Gasteiger partial charge in [-0.2, -0.15) is 0 Å². The summed E-state index contributed by atoms with van der Waals surface area (Å²) in [6.07, 6.45) is 2.91. The third kappa shape index (κ3) is 3.42. The molecule has 0 radical (unpaired) electrons. The van der Waals surface area contributed by atoms with E-state index in [1.165, 1.54) is 11.1 Å². The highest BCUT2D eigenvalue weighted by atomic mass is 16.5. The Morgan fingerprint density at radius 1 is 1.17 bits per heavy atom. The highest BCUT2D eigenvalue weighted by molar-refractivity contribution is 5.77. The molecule has 0 amide bonds. The molecule has 3 nitrogen and oxygen atoms in total. The van der Waals surface area contributed by atoms with Gasteiger partial charge in [0.1, 0.15) is 6.61 Å².